The minimum atomic E-state index is -1.03. The van der Waals surface area contributed by atoms with Gasteiger partial charge < -0.3 is 20.5 Å². The predicted octanol–water partition coefficient (Wildman–Crippen LogP) is 4.21. The van der Waals surface area contributed by atoms with E-state index in [2.05, 4.69) is 34.9 Å². The van der Waals surface area contributed by atoms with E-state index in [9.17, 15) is 14.4 Å². The van der Waals surface area contributed by atoms with Crippen LogP contribution in [0.15, 0.2) is 48.5 Å². The van der Waals surface area contributed by atoms with Gasteiger partial charge in [0.2, 0.25) is 5.91 Å². The summed E-state index contributed by atoms with van der Waals surface area (Å²) in [6.45, 7) is 2.12. The van der Waals surface area contributed by atoms with Gasteiger partial charge >= 0.3 is 12.1 Å². The molecule has 0 heterocycles. The topological polar surface area (TPSA) is 105 Å². The number of carboxylic acid groups (broad SMARTS) is 1. The largest absolute Gasteiger partial charge is 0.481 e. The summed E-state index contributed by atoms with van der Waals surface area (Å²) in [5.74, 6) is -1.35. The van der Waals surface area contributed by atoms with Crippen LogP contribution in [-0.4, -0.2) is 41.3 Å². The Morgan fingerprint density at radius 2 is 1.67 bits per heavy atom. The van der Waals surface area contributed by atoms with E-state index in [1.54, 1.807) is 0 Å². The zero-order valence-electron chi connectivity index (χ0n) is 18.8. The molecule has 0 spiro atoms. The van der Waals surface area contributed by atoms with Crippen molar-refractivity contribution in [3.05, 3.63) is 59.7 Å². The van der Waals surface area contributed by atoms with Crippen LogP contribution >= 0.6 is 0 Å². The van der Waals surface area contributed by atoms with E-state index < -0.39 is 23.6 Å². The monoisotopic (exact) mass is 450 g/mol. The molecule has 1 unspecified atom stereocenters. The van der Waals surface area contributed by atoms with E-state index in [4.69, 9.17) is 9.84 Å². The maximum Gasteiger partial charge on any atom is 0.408 e. The molecule has 3 N–H and O–H groups in total. The summed E-state index contributed by atoms with van der Waals surface area (Å²) >= 11 is 0. The number of amides is 2. The highest BCUT2D eigenvalue weighted by atomic mass is 16.5. The fraction of sp³-hybridized carbons (Fsp3) is 0.423. The van der Waals surface area contributed by atoms with Crippen LogP contribution in [0.25, 0.3) is 11.1 Å². The standard InChI is InChI=1S/C26H30N2O5/c1-2-8-17(15-23(29)30)27-24(31)26(13-7-14-26)28-25(32)33-16-22-20-11-5-3-9-18(20)19-10-4-6-12-21(19)22/h3-6,9-12,17,22H,2,7-8,13-16H2,1H3,(H,27,31)(H,28,32)(H,29,30). The third kappa shape index (κ3) is 4.72. The van der Waals surface area contributed by atoms with E-state index in [0.717, 1.165) is 35.1 Å². The second-order valence-corrected chi connectivity index (χ2v) is 8.94. The van der Waals surface area contributed by atoms with Crippen LogP contribution in [-0.2, 0) is 14.3 Å². The van der Waals surface area contributed by atoms with Gasteiger partial charge in [0.1, 0.15) is 12.1 Å². The van der Waals surface area contributed by atoms with Crippen molar-refractivity contribution >= 4 is 18.0 Å². The van der Waals surface area contributed by atoms with E-state index in [1.165, 1.54) is 0 Å². The van der Waals surface area contributed by atoms with Gasteiger partial charge in [-0.25, -0.2) is 4.79 Å². The first-order valence-corrected chi connectivity index (χ1v) is 11.6. The lowest BCUT2D eigenvalue weighted by Gasteiger charge is -2.41. The number of carbonyl (C=O) groups is 3. The molecular formula is C26H30N2O5. The Hall–Kier alpha value is -3.35. The Kier molecular flexibility index (Phi) is 6.67. The first-order chi connectivity index (χ1) is 15.9. The van der Waals surface area contributed by atoms with Crippen molar-refractivity contribution < 1.29 is 24.2 Å². The Morgan fingerprint density at radius 3 is 2.18 bits per heavy atom. The summed E-state index contributed by atoms with van der Waals surface area (Å²) in [6, 6.07) is 15.8. The fourth-order valence-corrected chi connectivity index (χ4v) is 4.88. The van der Waals surface area contributed by atoms with Crippen molar-refractivity contribution in [1.82, 2.24) is 10.6 Å². The highest BCUT2D eigenvalue weighted by Gasteiger charge is 2.46. The Morgan fingerprint density at radius 1 is 1.06 bits per heavy atom. The van der Waals surface area contributed by atoms with E-state index in [0.29, 0.717) is 19.3 Å². The van der Waals surface area contributed by atoms with Gasteiger partial charge in [0.25, 0.3) is 0 Å². The number of benzene rings is 2. The number of hydrogen-bond acceptors (Lipinski definition) is 4. The number of carboxylic acids is 1. The smallest absolute Gasteiger partial charge is 0.408 e. The van der Waals surface area contributed by atoms with Crippen LogP contribution in [0.3, 0.4) is 0 Å². The molecule has 2 aliphatic rings. The highest BCUT2D eigenvalue weighted by Crippen LogP contribution is 2.44. The first-order valence-electron chi connectivity index (χ1n) is 11.6. The normalized spacial score (nSPS) is 16.6. The summed E-state index contributed by atoms with van der Waals surface area (Å²) in [6.07, 6.45) is 2.39. The van der Waals surface area contributed by atoms with E-state index in [1.807, 2.05) is 31.2 Å². The third-order valence-corrected chi connectivity index (χ3v) is 6.72. The number of fused-ring (bicyclic) bond motifs is 3. The lowest BCUT2D eigenvalue weighted by Crippen LogP contribution is -2.64. The van der Waals surface area contributed by atoms with Gasteiger partial charge in [0.05, 0.1) is 6.42 Å². The number of nitrogens with one attached hydrogen (secondary N) is 2. The molecule has 0 aliphatic heterocycles. The quantitative estimate of drug-likeness (QED) is 0.531. The number of alkyl carbamates (subject to hydrolysis) is 1. The van der Waals surface area contributed by atoms with E-state index in [-0.39, 0.29) is 24.9 Å². The zero-order chi connectivity index (χ0) is 23.4. The molecule has 2 amide bonds. The minimum absolute atomic E-state index is 0.0566. The van der Waals surface area contributed by atoms with Crippen molar-refractivity contribution in [1.29, 1.82) is 0 Å². The molecule has 33 heavy (non-hydrogen) atoms. The molecule has 0 aromatic heterocycles. The van der Waals surface area contributed by atoms with Crippen molar-refractivity contribution in [3.8, 4) is 11.1 Å². The fourth-order valence-electron chi connectivity index (χ4n) is 4.88. The number of ether oxygens (including phenoxy) is 1. The molecule has 1 atom stereocenters. The molecule has 4 rings (SSSR count). The molecule has 0 bridgehead atoms. The maximum atomic E-state index is 13.0. The van der Waals surface area contributed by atoms with Crippen molar-refractivity contribution in [2.24, 2.45) is 0 Å². The van der Waals surface area contributed by atoms with E-state index >= 15 is 0 Å². The van der Waals surface area contributed by atoms with Gasteiger partial charge in [-0.2, -0.15) is 0 Å². The van der Waals surface area contributed by atoms with Gasteiger partial charge in [0.15, 0.2) is 0 Å². The van der Waals surface area contributed by atoms with Crippen molar-refractivity contribution in [2.45, 2.75) is 62.9 Å². The summed E-state index contributed by atoms with van der Waals surface area (Å²) in [5, 5.41) is 14.7. The van der Waals surface area contributed by atoms with Gasteiger partial charge in [-0.15, -0.1) is 0 Å². The lowest BCUT2D eigenvalue weighted by molar-refractivity contribution is -0.138. The summed E-state index contributed by atoms with van der Waals surface area (Å²) in [5.41, 5.74) is 3.51. The molecule has 7 nitrogen and oxygen atoms in total. The predicted molar refractivity (Wildman–Crippen MR) is 124 cm³/mol. The van der Waals surface area contributed by atoms with Crippen LogP contribution in [0.5, 0.6) is 0 Å². The zero-order valence-corrected chi connectivity index (χ0v) is 18.8. The number of rotatable bonds is 9. The highest BCUT2D eigenvalue weighted by molar-refractivity contribution is 5.91. The lowest BCUT2D eigenvalue weighted by atomic mass is 9.76. The maximum absolute atomic E-state index is 13.0. The molecule has 2 aliphatic carbocycles. The van der Waals surface area contributed by atoms with Crippen molar-refractivity contribution in [3.63, 3.8) is 0 Å². The third-order valence-electron chi connectivity index (χ3n) is 6.72. The van der Waals surface area contributed by atoms with Gasteiger partial charge in [-0.05, 0) is 47.9 Å². The summed E-state index contributed by atoms with van der Waals surface area (Å²) in [7, 11) is 0. The average Bonchev–Trinajstić information content (AvgIpc) is 3.08. The van der Waals surface area contributed by atoms with Crippen molar-refractivity contribution in [2.75, 3.05) is 6.61 Å². The molecule has 2 aromatic rings. The number of carbonyl (C=O) groups excluding carboxylic acids is 2. The Bertz CT molecular complexity index is 1000. The molecular weight excluding hydrogens is 420 g/mol. The Labute approximate surface area is 193 Å². The summed E-state index contributed by atoms with van der Waals surface area (Å²) in [4.78, 5) is 36.8. The second-order valence-electron chi connectivity index (χ2n) is 8.94. The van der Waals surface area contributed by atoms with Crippen LogP contribution in [0.2, 0.25) is 0 Å². The van der Waals surface area contributed by atoms with Crippen LogP contribution < -0.4 is 10.6 Å². The van der Waals surface area contributed by atoms with Gasteiger partial charge in [-0.3, -0.25) is 9.59 Å². The average molecular weight is 451 g/mol. The molecule has 7 heteroatoms. The van der Waals surface area contributed by atoms with Crippen LogP contribution in [0.4, 0.5) is 4.79 Å². The van der Waals surface area contributed by atoms with Crippen LogP contribution in [0.1, 0.15) is 62.5 Å². The van der Waals surface area contributed by atoms with Crippen LogP contribution in [0, 0.1) is 0 Å². The molecule has 0 radical (unpaired) electrons. The molecule has 1 fully saturated rings. The SMILES string of the molecule is CCCC(CC(=O)O)NC(=O)C1(NC(=O)OCC2c3ccccc3-c3ccccc32)CCC1. The molecule has 0 saturated heterocycles. The molecule has 2 aromatic carbocycles. The Balaban J connectivity index is 1.40. The first kappa shape index (κ1) is 22.8. The summed E-state index contributed by atoms with van der Waals surface area (Å²) < 4.78 is 5.61. The molecule has 174 valence electrons. The van der Waals surface area contributed by atoms with Gasteiger partial charge in [0, 0.05) is 12.0 Å². The number of hydrogen-bond donors (Lipinski definition) is 3. The van der Waals surface area contributed by atoms with Gasteiger partial charge in [-0.1, -0.05) is 61.9 Å². The minimum Gasteiger partial charge on any atom is -0.481 e. The second kappa shape index (κ2) is 9.65. The number of aliphatic carboxylic acids is 1. The molecule has 1 saturated carbocycles.